The van der Waals surface area contributed by atoms with Crippen LogP contribution >= 0.6 is 11.8 Å². The van der Waals surface area contributed by atoms with E-state index >= 15 is 0 Å². The number of nitrogens with zero attached hydrogens (tertiary/aromatic N) is 1. The Kier molecular flexibility index (Phi) is 6.25. The summed E-state index contributed by atoms with van der Waals surface area (Å²) in [6.07, 6.45) is -3.03. The van der Waals surface area contributed by atoms with Crippen molar-refractivity contribution in [3.63, 3.8) is 0 Å². The molecule has 0 unspecified atom stereocenters. The highest BCUT2D eigenvalue weighted by molar-refractivity contribution is 8.18. The topological polar surface area (TPSA) is 66.5 Å². The van der Waals surface area contributed by atoms with Crippen LogP contribution in [0.2, 0.25) is 0 Å². The summed E-state index contributed by atoms with van der Waals surface area (Å²) >= 11 is 0.725. The quantitative estimate of drug-likeness (QED) is 0.558. The predicted octanol–water partition coefficient (Wildman–Crippen LogP) is 4.31. The zero-order valence-electron chi connectivity index (χ0n) is 15.2. The van der Waals surface area contributed by atoms with Crippen LogP contribution in [0.15, 0.2) is 53.4 Å². The van der Waals surface area contributed by atoms with Gasteiger partial charge in [-0.1, -0.05) is 12.1 Å². The smallest absolute Gasteiger partial charge is 0.350 e. The number of rotatable bonds is 5. The van der Waals surface area contributed by atoms with Gasteiger partial charge in [0.05, 0.1) is 10.5 Å². The third-order valence-corrected chi connectivity index (χ3v) is 5.04. The van der Waals surface area contributed by atoms with Crippen LogP contribution in [-0.2, 0) is 11.0 Å². The van der Waals surface area contributed by atoms with Crippen molar-refractivity contribution in [2.45, 2.75) is 6.18 Å². The minimum atomic E-state index is -4.50. The van der Waals surface area contributed by atoms with Crippen LogP contribution in [0.5, 0.6) is 0 Å². The predicted molar refractivity (Wildman–Crippen MR) is 103 cm³/mol. The lowest BCUT2D eigenvalue weighted by atomic mass is 10.1. The number of hydrogen-bond donors (Lipinski definition) is 1. The number of carbonyl (C=O) groups is 3. The van der Waals surface area contributed by atoms with Gasteiger partial charge in [0.1, 0.15) is 5.82 Å². The van der Waals surface area contributed by atoms with Crippen LogP contribution in [0.25, 0.3) is 6.08 Å². The number of amides is 3. The average molecular weight is 438 g/mol. The van der Waals surface area contributed by atoms with Gasteiger partial charge in [0.2, 0.25) is 0 Å². The number of thioether (sulfide) groups is 1. The van der Waals surface area contributed by atoms with Crippen LogP contribution in [0.1, 0.15) is 21.5 Å². The third-order valence-electron chi connectivity index (χ3n) is 4.14. The number of hydrogen-bond acceptors (Lipinski definition) is 4. The van der Waals surface area contributed by atoms with E-state index in [4.69, 9.17) is 0 Å². The molecule has 1 aliphatic rings. The van der Waals surface area contributed by atoms with E-state index in [9.17, 15) is 31.9 Å². The highest BCUT2D eigenvalue weighted by Gasteiger charge is 2.34. The van der Waals surface area contributed by atoms with Gasteiger partial charge in [-0.3, -0.25) is 19.3 Å². The Hall–Kier alpha value is -3.14. The summed E-state index contributed by atoms with van der Waals surface area (Å²) in [6.45, 7) is -0.167. The first-order valence-electron chi connectivity index (χ1n) is 8.61. The van der Waals surface area contributed by atoms with Gasteiger partial charge >= 0.3 is 6.18 Å². The van der Waals surface area contributed by atoms with Crippen molar-refractivity contribution in [3.05, 3.63) is 75.9 Å². The number of alkyl halides is 3. The molecular formula is C20H14F4N2O3S. The van der Waals surface area contributed by atoms with Crippen molar-refractivity contribution in [2.75, 3.05) is 13.1 Å². The summed E-state index contributed by atoms with van der Waals surface area (Å²) in [4.78, 5) is 37.6. The molecule has 1 aliphatic heterocycles. The number of benzene rings is 2. The first-order valence-corrected chi connectivity index (χ1v) is 9.43. The minimum Gasteiger partial charge on any atom is -0.350 e. The molecule has 30 heavy (non-hydrogen) atoms. The van der Waals surface area contributed by atoms with Gasteiger partial charge in [-0.2, -0.15) is 13.2 Å². The number of imide groups is 1. The van der Waals surface area contributed by atoms with Crippen molar-refractivity contribution in [3.8, 4) is 0 Å². The van der Waals surface area contributed by atoms with Gasteiger partial charge < -0.3 is 5.32 Å². The Bertz CT molecular complexity index is 1000. The molecular weight excluding hydrogens is 424 g/mol. The van der Waals surface area contributed by atoms with Gasteiger partial charge in [0.15, 0.2) is 0 Å². The van der Waals surface area contributed by atoms with E-state index < -0.39 is 34.6 Å². The molecule has 3 amide bonds. The van der Waals surface area contributed by atoms with Crippen LogP contribution in [-0.4, -0.2) is 35.0 Å². The fourth-order valence-corrected chi connectivity index (χ4v) is 3.46. The SMILES string of the molecule is O=C(NCCN1C(=O)S/C(=C\c2ccc(F)cc2)C1=O)c1ccc(C(F)(F)F)cc1. The molecule has 5 nitrogen and oxygen atoms in total. The molecule has 1 N–H and O–H groups in total. The highest BCUT2D eigenvalue weighted by Crippen LogP contribution is 2.32. The third kappa shape index (κ3) is 5.07. The van der Waals surface area contributed by atoms with E-state index in [1.807, 2.05) is 0 Å². The second-order valence-electron chi connectivity index (χ2n) is 6.22. The zero-order chi connectivity index (χ0) is 21.9. The van der Waals surface area contributed by atoms with Gasteiger partial charge in [0.25, 0.3) is 17.1 Å². The Morgan fingerprint density at radius 3 is 2.27 bits per heavy atom. The monoisotopic (exact) mass is 438 g/mol. The lowest BCUT2D eigenvalue weighted by Gasteiger charge is -2.13. The summed E-state index contributed by atoms with van der Waals surface area (Å²) in [7, 11) is 0. The molecule has 0 aromatic heterocycles. The average Bonchev–Trinajstić information content (AvgIpc) is 2.96. The number of halogens is 4. The molecule has 3 rings (SSSR count). The molecule has 10 heteroatoms. The summed E-state index contributed by atoms with van der Waals surface area (Å²) in [5.41, 5.74) is -0.296. The fourth-order valence-electron chi connectivity index (χ4n) is 2.60. The second kappa shape index (κ2) is 8.70. The Balaban J connectivity index is 1.56. The Morgan fingerprint density at radius 2 is 1.67 bits per heavy atom. The molecule has 0 aliphatic carbocycles. The van der Waals surface area contributed by atoms with Crippen molar-refractivity contribution in [1.29, 1.82) is 0 Å². The van der Waals surface area contributed by atoms with E-state index in [0.29, 0.717) is 5.56 Å². The Labute approximate surface area is 172 Å². The molecule has 0 saturated carbocycles. The van der Waals surface area contributed by atoms with Crippen LogP contribution in [0.4, 0.5) is 22.4 Å². The van der Waals surface area contributed by atoms with Gasteiger partial charge in [-0.05, 0) is 59.8 Å². The molecule has 1 saturated heterocycles. The first kappa shape index (κ1) is 21.6. The van der Waals surface area contributed by atoms with Crippen molar-refractivity contribution in [2.24, 2.45) is 0 Å². The molecule has 1 fully saturated rings. The highest BCUT2D eigenvalue weighted by atomic mass is 32.2. The largest absolute Gasteiger partial charge is 0.416 e. The maximum Gasteiger partial charge on any atom is 0.416 e. The van der Waals surface area contributed by atoms with Crippen molar-refractivity contribution < 1.29 is 31.9 Å². The molecule has 1 heterocycles. The zero-order valence-corrected chi connectivity index (χ0v) is 16.0. The number of nitrogens with one attached hydrogen (secondary N) is 1. The van der Waals surface area contributed by atoms with Gasteiger partial charge in [0, 0.05) is 18.7 Å². The lowest BCUT2D eigenvalue weighted by molar-refractivity contribution is -0.137. The van der Waals surface area contributed by atoms with Crippen LogP contribution < -0.4 is 5.32 Å². The van der Waals surface area contributed by atoms with Gasteiger partial charge in [-0.25, -0.2) is 4.39 Å². The number of carbonyl (C=O) groups excluding carboxylic acids is 3. The van der Waals surface area contributed by atoms with E-state index in [-0.39, 0.29) is 23.6 Å². The molecule has 2 aromatic carbocycles. The van der Waals surface area contributed by atoms with Crippen molar-refractivity contribution in [1.82, 2.24) is 10.2 Å². The summed E-state index contributed by atoms with van der Waals surface area (Å²) in [5, 5.41) is 1.94. The maximum absolute atomic E-state index is 13.0. The normalized spacial score (nSPS) is 15.7. The molecule has 156 valence electrons. The standard InChI is InChI=1S/C20H14F4N2O3S/c21-15-7-1-12(2-8-15)11-16-18(28)26(19(29)30-16)10-9-25-17(27)13-3-5-14(6-4-13)20(22,23)24/h1-8,11H,9-10H2,(H,25,27)/b16-11-. The summed E-state index contributed by atoms with van der Waals surface area (Å²) < 4.78 is 50.7. The van der Waals surface area contributed by atoms with E-state index in [1.54, 1.807) is 0 Å². The van der Waals surface area contributed by atoms with E-state index in [2.05, 4.69) is 5.32 Å². The summed E-state index contributed by atoms with van der Waals surface area (Å²) in [6, 6.07) is 9.07. The maximum atomic E-state index is 13.0. The lowest BCUT2D eigenvalue weighted by Crippen LogP contribution is -2.37. The van der Waals surface area contributed by atoms with Crippen LogP contribution in [0, 0.1) is 5.82 Å². The molecule has 2 aromatic rings. The first-order chi connectivity index (χ1) is 14.1. The van der Waals surface area contributed by atoms with Crippen LogP contribution in [0.3, 0.4) is 0 Å². The van der Waals surface area contributed by atoms with E-state index in [1.165, 1.54) is 30.3 Å². The van der Waals surface area contributed by atoms with E-state index in [0.717, 1.165) is 40.9 Å². The second-order valence-corrected chi connectivity index (χ2v) is 7.21. The van der Waals surface area contributed by atoms with Crippen molar-refractivity contribution >= 4 is 34.9 Å². The molecule has 0 bridgehead atoms. The molecule has 0 spiro atoms. The minimum absolute atomic E-state index is 0.0216. The molecule has 0 atom stereocenters. The van der Waals surface area contributed by atoms with Gasteiger partial charge in [-0.15, -0.1) is 0 Å². The summed E-state index contributed by atoms with van der Waals surface area (Å²) in [5.74, 6) is -1.60. The fraction of sp³-hybridized carbons (Fsp3) is 0.150. The molecule has 0 radical (unpaired) electrons. The Morgan fingerprint density at radius 1 is 1.03 bits per heavy atom.